The molecular formula is C22H17F3N7O3+. The number of nitrogen functional groups attached to an aromatic ring is 1. The molecule has 0 aliphatic rings. The molecule has 0 saturated heterocycles. The zero-order valence-electron chi connectivity index (χ0n) is 18.1. The molecule has 0 saturated carbocycles. The number of anilines is 1. The third-order valence-corrected chi connectivity index (χ3v) is 5.44. The molecule has 4 aromatic heterocycles. The van der Waals surface area contributed by atoms with Crippen LogP contribution in [-0.2, 0) is 19.8 Å². The number of rotatable bonds is 4. The Kier molecular flexibility index (Phi) is 5.04. The van der Waals surface area contributed by atoms with Crippen LogP contribution < -0.4 is 22.0 Å². The van der Waals surface area contributed by atoms with Crippen molar-refractivity contribution in [3.8, 4) is 22.4 Å². The normalized spacial score (nSPS) is 11.9. The van der Waals surface area contributed by atoms with Crippen molar-refractivity contribution >= 4 is 11.6 Å². The summed E-state index contributed by atoms with van der Waals surface area (Å²) in [6.45, 7) is -0.599. The molecule has 0 spiro atoms. The summed E-state index contributed by atoms with van der Waals surface area (Å²) in [4.78, 5) is 31.7. The maximum absolute atomic E-state index is 13.3. The molecule has 5 aromatic rings. The monoisotopic (exact) mass is 484 g/mol. The number of pyridine rings is 1. The second-order valence-electron chi connectivity index (χ2n) is 7.72. The number of aryl methyl sites for hydroxylation is 1. The van der Waals surface area contributed by atoms with E-state index in [0.29, 0.717) is 28.8 Å². The van der Waals surface area contributed by atoms with Gasteiger partial charge in [-0.2, -0.15) is 17.9 Å². The number of aromatic amines is 1. The highest BCUT2D eigenvalue weighted by molar-refractivity contribution is 5.88. The molecule has 35 heavy (non-hydrogen) atoms. The average molecular weight is 484 g/mol. The predicted molar refractivity (Wildman–Crippen MR) is 117 cm³/mol. The Morgan fingerprint density at radius 1 is 1.09 bits per heavy atom. The molecule has 0 amide bonds. The van der Waals surface area contributed by atoms with Gasteiger partial charge >= 0.3 is 17.8 Å². The summed E-state index contributed by atoms with van der Waals surface area (Å²) in [7, 11) is 1.57. The van der Waals surface area contributed by atoms with E-state index >= 15 is 0 Å². The van der Waals surface area contributed by atoms with Crippen molar-refractivity contribution in [2.24, 2.45) is 7.05 Å². The van der Waals surface area contributed by atoms with Crippen molar-refractivity contribution in [3.05, 3.63) is 87.3 Å². The summed E-state index contributed by atoms with van der Waals surface area (Å²) in [6, 6.07) is 12.0. The number of hydrogen-bond acceptors (Lipinski definition) is 6. The molecule has 0 atom stereocenters. The fourth-order valence-corrected chi connectivity index (χ4v) is 3.84. The zero-order valence-corrected chi connectivity index (χ0v) is 18.1. The van der Waals surface area contributed by atoms with Crippen LogP contribution in [-0.4, -0.2) is 23.7 Å². The fraction of sp³-hybridized carbons (Fsp3) is 0.136. The van der Waals surface area contributed by atoms with Crippen molar-refractivity contribution in [2.45, 2.75) is 12.7 Å². The SMILES string of the molecule is Cn1cc(-c2c(-c3ccccc3)[nH+]c(N)n3c(=O)n(Cc4ncoc4C(F)(F)F)nc23)ccc1=O. The third kappa shape index (κ3) is 3.76. The van der Waals surface area contributed by atoms with E-state index in [1.165, 1.54) is 10.6 Å². The first-order chi connectivity index (χ1) is 16.6. The van der Waals surface area contributed by atoms with Gasteiger partial charge in [0.2, 0.25) is 17.0 Å². The minimum atomic E-state index is -4.79. The van der Waals surface area contributed by atoms with Crippen molar-refractivity contribution < 1.29 is 22.6 Å². The van der Waals surface area contributed by atoms with Crippen LogP contribution in [0.5, 0.6) is 0 Å². The van der Waals surface area contributed by atoms with E-state index < -0.39 is 29.9 Å². The smallest absolute Gasteiger partial charge is 0.439 e. The van der Waals surface area contributed by atoms with Crippen LogP contribution in [0.25, 0.3) is 28.0 Å². The number of nitrogens with two attached hydrogens (primary N) is 1. The first-order valence-corrected chi connectivity index (χ1v) is 10.2. The van der Waals surface area contributed by atoms with Crippen LogP contribution in [0, 0.1) is 0 Å². The van der Waals surface area contributed by atoms with Crippen molar-refractivity contribution in [2.75, 3.05) is 5.73 Å². The Balaban J connectivity index is 1.79. The highest BCUT2D eigenvalue weighted by atomic mass is 19.4. The lowest BCUT2D eigenvalue weighted by atomic mass is 10.0. The van der Waals surface area contributed by atoms with Gasteiger partial charge in [-0.15, -0.1) is 9.50 Å². The van der Waals surface area contributed by atoms with E-state index in [1.54, 1.807) is 19.3 Å². The molecule has 0 unspecified atom stereocenters. The molecule has 13 heteroatoms. The Morgan fingerprint density at radius 2 is 1.83 bits per heavy atom. The van der Waals surface area contributed by atoms with Crippen LogP contribution in [0.3, 0.4) is 0 Å². The topological polar surface area (TPSA) is 127 Å². The van der Waals surface area contributed by atoms with Gasteiger partial charge < -0.3 is 8.98 Å². The lowest BCUT2D eigenvalue weighted by molar-refractivity contribution is -0.351. The van der Waals surface area contributed by atoms with Crippen LogP contribution >= 0.6 is 0 Å². The van der Waals surface area contributed by atoms with Gasteiger partial charge in [-0.05, 0) is 6.07 Å². The summed E-state index contributed by atoms with van der Waals surface area (Å²) in [5, 5.41) is 4.32. The van der Waals surface area contributed by atoms with Gasteiger partial charge in [-0.1, -0.05) is 30.3 Å². The number of halogens is 3. The average Bonchev–Trinajstić information content (AvgIpc) is 3.42. The van der Waals surface area contributed by atoms with E-state index in [2.05, 4.69) is 19.5 Å². The molecule has 0 aliphatic heterocycles. The Hall–Kier alpha value is -4.68. The maximum Gasteiger partial charge on any atom is 0.451 e. The van der Waals surface area contributed by atoms with E-state index in [9.17, 15) is 22.8 Å². The summed E-state index contributed by atoms with van der Waals surface area (Å²) >= 11 is 0. The Morgan fingerprint density at radius 3 is 2.51 bits per heavy atom. The van der Waals surface area contributed by atoms with Crippen LogP contribution in [0.4, 0.5) is 19.1 Å². The van der Waals surface area contributed by atoms with Gasteiger partial charge in [0.15, 0.2) is 6.39 Å². The maximum atomic E-state index is 13.3. The molecule has 178 valence electrons. The van der Waals surface area contributed by atoms with Gasteiger partial charge in [-0.3, -0.25) is 10.5 Å². The summed E-state index contributed by atoms with van der Waals surface area (Å²) < 4.78 is 47.5. The van der Waals surface area contributed by atoms with Crippen LogP contribution in [0.1, 0.15) is 11.5 Å². The standard InChI is InChI=1S/C22H16F3N7O3/c1-30-9-13(7-8-15(30)33)16-17(12-5-3-2-4-6-12)28-20(26)32-19(16)29-31(21(32)34)10-14-18(22(23,24)25)35-11-27-14/h2-9,11H,10H2,1H3,(H2,26,28)/p+1. The van der Waals surface area contributed by atoms with Crippen molar-refractivity contribution in [1.29, 1.82) is 0 Å². The summed E-state index contributed by atoms with van der Waals surface area (Å²) in [5.41, 5.74) is 6.88. The Labute approximate surface area is 193 Å². The van der Waals surface area contributed by atoms with E-state index in [1.807, 2.05) is 30.3 Å². The predicted octanol–water partition coefficient (Wildman–Crippen LogP) is 1.98. The molecule has 0 radical (unpaired) electrons. The minimum Gasteiger partial charge on any atom is -0.439 e. The molecule has 4 heterocycles. The van der Waals surface area contributed by atoms with E-state index in [4.69, 9.17) is 5.73 Å². The molecule has 0 fully saturated rings. The summed E-state index contributed by atoms with van der Waals surface area (Å²) in [6.07, 6.45) is -2.57. The summed E-state index contributed by atoms with van der Waals surface area (Å²) in [5.74, 6) is -1.40. The van der Waals surface area contributed by atoms with E-state index in [0.717, 1.165) is 9.08 Å². The first-order valence-electron chi connectivity index (χ1n) is 10.2. The second kappa shape index (κ2) is 7.97. The largest absolute Gasteiger partial charge is 0.451 e. The number of nitrogens with zero attached hydrogens (tertiary/aromatic N) is 5. The highest BCUT2D eigenvalue weighted by Gasteiger charge is 2.39. The van der Waals surface area contributed by atoms with Crippen LogP contribution in [0.2, 0.25) is 0 Å². The number of H-pyrrole nitrogens is 1. The Bertz CT molecular complexity index is 1680. The molecule has 0 aliphatic carbocycles. The number of alkyl halides is 3. The van der Waals surface area contributed by atoms with Gasteiger partial charge in [0, 0.05) is 30.4 Å². The number of benzene rings is 1. The fourth-order valence-electron chi connectivity index (χ4n) is 3.84. The van der Waals surface area contributed by atoms with Gasteiger partial charge in [0.1, 0.15) is 11.4 Å². The highest BCUT2D eigenvalue weighted by Crippen LogP contribution is 2.33. The number of hydrogen-bond donors (Lipinski definition) is 1. The molecule has 0 bridgehead atoms. The first kappa shape index (κ1) is 22.1. The van der Waals surface area contributed by atoms with Crippen molar-refractivity contribution in [1.82, 2.24) is 23.7 Å². The van der Waals surface area contributed by atoms with Gasteiger partial charge in [0.25, 0.3) is 0 Å². The van der Waals surface area contributed by atoms with Crippen molar-refractivity contribution in [3.63, 3.8) is 0 Å². The lowest BCUT2D eigenvalue weighted by Crippen LogP contribution is -2.28. The molecule has 10 nitrogen and oxygen atoms in total. The van der Waals surface area contributed by atoms with Gasteiger partial charge in [-0.25, -0.2) is 14.8 Å². The third-order valence-electron chi connectivity index (χ3n) is 5.44. The van der Waals surface area contributed by atoms with E-state index in [-0.39, 0.29) is 17.2 Å². The lowest BCUT2D eigenvalue weighted by Gasteiger charge is -2.10. The second-order valence-corrected chi connectivity index (χ2v) is 7.72. The van der Waals surface area contributed by atoms with Gasteiger partial charge in [0.05, 0.1) is 12.1 Å². The minimum absolute atomic E-state index is 0.0835. The quantitative estimate of drug-likeness (QED) is 0.416. The van der Waals surface area contributed by atoms with Crippen LogP contribution in [0.15, 0.2) is 69.1 Å². The number of fused-ring (bicyclic) bond motifs is 1. The molecular weight excluding hydrogens is 467 g/mol. The number of aromatic nitrogens is 6. The molecule has 5 rings (SSSR count). The zero-order chi connectivity index (χ0) is 24.9. The molecule has 3 N–H and O–H groups in total. The number of nitrogens with one attached hydrogen (secondary N) is 1. The number of oxazole rings is 1. The molecule has 1 aromatic carbocycles.